The molecule has 1 amide bonds. The van der Waals surface area contributed by atoms with Crippen molar-refractivity contribution in [3.8, 4) is 11.3 Å². The van der Waals surface area contributed by atoms with Crippen molar-refractivity contribution in [2.75, 3.05) is 5.32 Å². The largest absolute Gasteiger partial charge is 0.328 e. The highest BCUT2D eigenvalue weighted by Crippen LogP contribution is 2.26. The number of fused-ring (bicyclic) bond motifs is 1. The van der Waals surface area contributed by atoms with E-state index in [-0.39, 0.29) is 24.8 Å². The van der Waals surface area contributed by atoms with E-state index >= 15 is 0 Å². The number of carbonyl (C=O) groups excluding carboxylic acids is 1. The van der Waals surface area contributed by atoms with Gasteiger partial charge in [0.2, 0.25) is 16.8 Å². The summed E-state index contributed by atoms with van der Waals surface area (Å²) >= 11 is 7.33. The molecule has 0 radical (unpaired) electrons. The third kappa shape index (κ3) is 3.73. The van der Waals surface area contributed by atoms with Crippen LogP contribution in [-0.2, 0) is 11.3 Å². The zero-order chi connectivity index (χ0) is 19.7. The Morgan fingerprint density at radius 3 is 2.75 bits per heavy atom. The van der Waals surface area contributed by atoms with E-state index in [2.05, 4.69) is 20.4 Å². The van der Waals surface area contributed by atoms with Gasteiger partial charge in [0.25, 0.3) is 5.56 Å². The van der Waals surface area contributed by atoms with Crippen LogP contribution in [0.15, 0.2) is 51.5 Å². The molecule has 3 aromatic heterocycles. The smallest absolute Gasteiger partial charge is 0.300 e. The quantitative estimate of drug-likeness (QED) is 0.516. The highest BCUT2D eigenvalue weighted by molar-refractivity contribution is 7.15. The lowest BCUT2D eigenvalue weighted by Gasteiger charge is -2.04. The summed E-state index contributed by atoms with van der Waals surface area (Å²) in [5.74, 6) is -0.162. The maximum atomic E-state index is 12.2. The van der Waals surface area contributed by atoms with Crippen LogP contribution in [0, 0.1) is 0 Å². The number of carbonyl (C=O) groups is 1. The molecule has 0 atom stereocenters. The molecule has 28 heavy (non-hydrogen) atoms. The van der Waals surface area contributed by atoms with Crippen LogP contribution < -0.4 is 16.6 Å². The minimum absolute atomic E-state index is 0.0306. The second kappa shape index (κ2) is 7.41. The lowest BCUT2D eigenvalue weighted by Crippen LogP contribution is -2.29. The molecule has 142 valence electrons. The first-order valence-corrected chi connectivity index (χ1v) is 9.45. The predicted molar refractivity (Wildman–Crippen MR) is 106 cm³/mol. The van der Waals surface area contributed by atoms with Gasteiger partial charge in [-0.3, -0.25) is 19.9 Å². The summed E-state index contributed by atoms with van der Waals surface area (Å²) in [6, 6.07) is 8.57. The van der Waals surface area contributed by atoms with Gasteiger partial charge in [-0.05, 0) is 12.1 Å². The van der Waals surface area contributed by atoms with Crippen molar-refractivity contribution in [1.82, 2.24) is 24.1 Å². The standard InChI is InChI=1S/C17H13ClN6O3S/c18-11-3-1-10(2-4-11)12-9-28-17-21-15(22-24(12)17)19-13(25)5-7-23-8-6-14(26)20-16(23)27/h1-4,6,8-9H,5,7H2,(H,19,22,25)(H,20,26,27). The third-order valence-electron chi connectivity index (χ3n) is 3.95. The Kier molecular flexibility index (Phi) is 4.80. The molecule has 2 N–H and O–H groups in total. The number of nitrogens with zero attached hydrogens (tertiary/aromatic N) is 4. The van der Waals surface area contributed by atoms with Gasteiger partial charge in [0.05, 0.1) is 5.69 Å². The first-order valence-electron chi connectivity index (χ1n) is 8.19. The normalized spacial score (nSPS) is 11.0. The second-order valence-corrected chi connectivity index (χ2v) is 7.13. The van der Waals surface area contributed by atoms with Crippen LogP contribution in [-0.4, -0.2) is 30.1 Å². The van der Waals surface area contributed by atoms with E-state index in [0.717, 1.165) is 11.3 Å². The number of hydrogen-bond donors (Lipinski definition) is 2. The average molecular weight is 417 g/mol. The van der Waals surface area contributed by atoms with Crippen molar-refractivity contribution in [2.24, 2.45) is 0 Å². The first-order chi connectivity index (χ1) is 13.5. The zero-order valence-electron chi connectivity index (χ0n) is 14.3. The van der Waals surface area contributed by atoms with Crippen LogP contribution in [0.25, 0.3) is 16.2 Å². The maximum Gasteiger partial charge on any atom is 0.328 e. The Morgan fingerprint density at radius 1 is 1.21 bits per heavy atom. The topological polar surface area (TPSA) is 114 Å². The average Bonchev–Trinajstić information content (AvgIpc) is 3.22. The molecule has 1 aromatic carbocycles. The number of aryl methyl sites for hydroxylation is 1. The van der Waals surface area contributed by atoms with E-state index < -0.39 is 11.2 Å². The summed E-state index contributed by atoms with van der Waals surface area (Å²) < 4.78 is 2.90. The number of nitrogens with one attached hydrogen (secondary N) is 2. The van der Waals surface area contributed by atoms with Gasteiger partial charge in [-0.1, -0.05) is 23.7 Å². The van der Waals surface area contributed by atoms with E-state index in [1.54, 1.807) is 16.6 Å². The Hall–Kier alpha value is -3.24. The number of aromatic nitrogens is 5. The summed E-state index contributed by atoms with van der Waals surface area (Å²) in [7, 11) is 0. The molecule has 4 rings (SSSR count). The molecule has 0 bridgehead atoms. The molecule has 0 aliphatic rings. The molecule has 4 aromatic rings. The molecular formula is C17H13ClN6O3S. The Labute approximate surface area is 166 Å². The van der Waals surface area contributed by atoms with Gasteiger partial charge in [-0.15, -0.1) is 16.4 Å². The SMILES string of the molecule is O=C(CCn1ccc(=O)[nH]c1=O)Nc1nc2scc(-c3ccc(Cl)cc3)n2n1. The number of halogens is 1. The van der Waals surface area contributed by atoms with Crippen molar-refractivity contribution in [1.29, 1.82) is 0 Å². The Bertz CT molecular complexity index is 1270. The molecule has 9 nitrogen and oxygen atoms in total. The van der Waals surface area contributed by atoms with Gasteiger partial charge in [0.15, 0.2) is 0 Å². The number of rotatable bonds is 5. The molecule has 0 aliphatic carbocycles. The monoisotopic (exact) mass is 416 g/mol. The molecule has 3 heterocycles. The summed E-state index contributed by atoms with van der Waals surface area (Å²) in [4.78, 5) is 41.9. The number of aromatic amines is 1. The van der Waals surface area contributed by atoms with Gasteiger partial charge in [0.1, 0.15) is 0 Å². The number of anilines is 1. The van der Waals surface area contributed by atoms with Gasteiger partial charge in [0, 0.05) is 41.2 Å². The summed E-state index contributed by atoms with van der Waals surface area (Å²) in [5, 5.41) is 9.52. The van der Waals surface area contributed by atoms with Crippen molar-refractivity contribution in [2.45, 2.75) is 13.0 Å². The minimum Gasteiger partial charge on any atom is -0.300 e. The third-order valence-corrected chi connectivity index (χ3v) is 5.02. The van der Waals surface area contributed by atoms with Gasteiger partial charge < -0.3 is 4.57 Å². The van der Waals surface area contributed by atoms with Crippen LogP contribution in [0.4, 0.5) is 5.95 Å². The van der Waals surface area contributed by atoms with E-state index in [4.69, 9.17) is 11.6 Å². The van der Waals surface area contributed by atoms with E-state index in [0.29, 0.717) is 9.98 Å². The van der Waals surface area contributed by atoms with Crippen LogP contribution >= 0.6 is 22.9 Å². The van der Waals surface area contributed by atoms with Crippen molar-refractivity contribution >= 4 is 39.8 Å². The van der Waals surface area contributed by atoms with Gasteiger partial charge in [-0.25, -0.2) is 9.31 Å². The lowest BCUT2D eigenvalue weighted by atomic mass is 10.2. The van der Waals surface area contributed by atoms with Gasteiger partial charge >= 0.3 is 5.69 Å². The number of thiazole rings is 1. The fourth-order valence-corrected chi connectivity index (χ4v) is 3.54. The number of amides is 1. The highest BCUT2D eigenvalue weighted by atomic mass is 35.5. The van der Waals surface area contributed by atoms with E-state index in [1.165, 1.54) is 28.2 Å². The van der Waals surface area contributed by atoms with Crippen LogP contribution in [0.3, 0.4) is 0 Å². The maximum absolute atomic E-state index is 12.2. The predicted octanol–water partition coefficient (Wildman–Crippen LogP) is 1.99. The highest BCUT2D eigenvalue weighted by Gasteiger charge is 2.13. The summed E-state index contributed by atoms with van der Waals surface area (Å²) in [6.07, 6.45) is 1.38. The van der Waals surface area contributed by atoms with Crippen molar-refractivity contribution in [3.05, 3.63) is 67.8 Å². The fraction of sp³-hybridized carbons (Fsp3) is 0.118. The second-order valence-electron chi connectivity index (χ2n) is 5.86. The number of H-pyrrole nitrogens is 1. The first kappa shape index (κ1) is 18.1. The molecule has 0 unspecified atom stereocenters. The number of benzene rings is 1. The van der Waals surface area contributed by atoms with E-state index in [9.17, 15) is 14.4 Å². The van der Waals surface area contributed by atoms with Crippen LogP contribution in [0.2, 0.25) is 5.02 Å². The molecule has 0 fully saturated rings. The Morgan fingerprint density at radius 2 is 2.00 bits per heavy atom. The zero-order valence-corrected chi connectivity index (χ0v) is 15.8. The van der Waals surface area contributed by atoms with E-state index in [1.807, 2.05) is 17.5 Å². The molecular weight excluding hydrogens is 404 g/mol. The van der Waals surface area contributed by atoms with Crippen LogP contribution in [0.5, 0.6) is 0 Å². The van der Waals surface area contributed by atoms with Gasteiger partial charge in [-0.2, -0.15) is 4.98 Å². The minimum atomic E-state index is -0.562. The molecule has 0 saturated heterocycles. The summed E-state index contributed by atoms with van der Waals surface area (Å²) in [6.45, 7) is 0.125. The lowest BCUT2D eigenvalue weighted by molar-refractivity contribution is -0.116. The molecule has 0 saturated carbocycles. The van der Waals surface area contributed by atoms with Crippen LogP contribution in [0.1, 0.15) is 6.42 Å². The molecule has 11 heteroatoms. The van der Waals surface area contributed by atoms with Crippen molar-refractivity contribution in [3.63, 3.8) is 0 Å². The molecule has 0 spiro atoms. The molecule has 0 aliphatic heterocycles. The summed E-state index contributed by atoms with van der Waals surface area (Å²) in [5.41, 5.74) is 0.721. The fourth-order valence-electron chi connectivity index (χ4n) is 2.58. The van der Waals surface area contributed by atoms with Crippen molar-refractivity contribution < 1.29 is 4.79 Å². The Balaban J connectivity index is 1.47. The number of hydrogen-bond acceptors (Lipinski definition) is 6.